The van der Waals surface area contributed by atoms with E-state index in [9.17, 15) is 14.9 Å². The fraction of sp³-hybridized carbons (Fsp3) is 0.357. The first-order valence-corrected chi connectivity index (χ1v) is 13.1. The zero-order valence-electron chi connectivity index (χ0n) is 21.7. The summed E-state index contributed by atoms with van der Waals surface area (Å²) in [7, 11) is 4.78. The molecule has 2 aromatic heterocycles. The van der Waals surface area contributed by atoms with Crippen molar-refractivity contribution in [1.29, 1.82) is 5.26 Å². The highest BCUT2D eigenvalue weighted by Crippen LogP contribution is 2.37. The lowest BCUT2D eigenvalue weighted by Gasteiger charge is -2.27. The van der Waals surface area contributed by atoms with E-state index >= 15 is 0 Å². The van der Waals surface area contributed by atoms with Crippen molar-refractivity contribution in [1.82, 2.24) is 9.88 Å². The van der Waals surface area contributed by atoms with Crippen molar-refractivity contribution < 1.29 is 23.8 Å². The molecule has 2 amide bonds. The van der Waals surface area contributed by atoms with Crippen LogP contribution >= 0.6 is 11.3 Å². The van der Waals surface area contributed by atoms with E-state index in [1.54, 1.807) is 39.8 Å². The van der Waals surface area contributed by atoms with Crippen molar-refractivity contribution in [3.63, 3.8) is 0 Å². The smallest absolute Gasteiger partial charge is 0.225 e. The lowest BCUT2D eigenvalue weighted by atomic mass is 10.0. The van der Waals surface area contributed by atoms with E-state index in [0.29, 0.717) is 60.8 Å². The molecule has 0 atom stereocenters. The number of aromatic nitrogens is 1. The summed E-state index contributed by atoms with van der Waals surface area (Å²) in [6.45, 7) is 0.957. The number of hydrogen-bond donors (Lipinski definition) is 1. The maximum atomic E-state index is 13.0. The minimum atomic E-state index is -0.191. The number of hydrogen-bond acceptors (Lipinski definition) is 8. The van der Waals surface area contributed by atoms with Gasteiger partial charge in [0.1, 0.15) is 28.3 Å². The molecule has 1 aliphatic rings. The van der Waals surface area contributed by atoms with Gasteiger partial charge in [0, 0.05) is 42.2 Å². The summed E-state index contributed by atoms with van der Waals surface area (Å²) in [6.07, 6.45) is 5.51. The molecule has 3 aromatic rings. The molecule has 3 heterocycles. The third kappa shape index (κ3) is 6.06. The van der Waals surface area contributed by atoms with Crippen molar-refractivity contribution in [3.05, 3.63) is 63.8 Å². The molecule has 4 rings (SSSR count). The number of ether oxygens (including phenoxy) is 3. The molecule has 0 radical (unpaired) electrons. The number of aryl methyl sites for hydroxylation is 2. The van der Waals surface area contributed by atoms with E-state index in [4.69, 9.17) is 14.2 Å². The number of nitrogens with one attached hydrogen (secondary N) is 1. The predicted octanol–water partition coefficient (Wildman–Crippen LogP) is 4.13. The van der Waals surface area contributed by atoms with Crippen LogP contribution < -0.4 is 19.5 Å². The summed E-state index contributed by atoms with van der Waals surface area (Å²) in [5.41, 5.74) is 3.16. The number of carbonyl (C=O) groups is 2. The monoisotopic (exact) mass is 534 g/mol. The quantitative estimate of drug-likeness (QED) is 0.416. The summed E-state index contributed by atoms with van der Waals surface area (Å²) >= 11 is 1.37. The highest BCUT2D eigenvalue weighted by Gasteiger charge is 2.27. The standard InChI is InChI=1S/C28H30N4O5S/c1-35-20-6-7-23(36-2)18(14-20)4-8-26(33)31-28-22(15-29)21-11-13-32(17-25(21)38-28)27(34)9-5-19-16-30-12-10-24(19)37-3/h6-7,10,12,14,16H,4-5,8-9,11,13,17H2,1-3H3,(H,31,33). The molecule has 0 unspecified atom stereocenters. The van der Waals surface area contributed by atoms with Crippen LogP contribution in [-0.4, -0.2) is 49.6 Å². The molecule has 1 aromatic carbocycles. The van der Waals surface area contributed by atoms with Gasteiger partial charge in [-0.1, -0.05) is 0 Å². The third-order valence-corrected chi connectivity index (χ3v) is 7.70. The topological polar surface area (TPSA) is 114 Å². The number of carbonyl (C=O) groups excluding carboxylic acids is 2. The number of methoxy groups -OCH3 is 3. The molecule has 198 valence electrons. The summed E-state index contributed by atoms with van der Waals surface area (Å²) in [5, 5.41) is 13.3. The molecular weight excluding hydrogens is 504 g/mol. The molecule has 1 aliphatic heterocycles. The average Bonchev–Trinajstić information content (AvgIpc) is 3.30. The van der Waals surface area contributed by atoms with Crippen molar-refractivity contribution in [2.45, 2.75) is 38.6 Å². The Morgan fingerprint density at radius 1 is 1.08 bits per heavy atom. The fourth-order valence-corrected chi connectivity index (χ4v) is 5.77. The molecule has 0 bridgehead atoms. The Morgan fingerprint density at radius 3 is 2.58 bits per heavy atom. The number of benzene rings is 1. The van der Waals surface area contributed by atoms with Gasteiger partial charge in [-0.3, -0.25) is 14.6 Å². The van der Waals surface area contributed by atoms with E-state index in [1.165, 1.54) is 11.3 Å². The highest BCUT2D eigenvalue weighted by atomic mass is 32.1. The van der Waals surface area contributed by atoms with Crippen LogP contribution in [0.1, 0.15) is 40.0 Å². The van der Waals surface area contributed by atoms with Gasteiger partial charge in [-0.05, 0) is 54.7 Å². The van der Waals surface area contributed by atoms with Gasteiger partial charge >= 0.3 is 0 Å². The van der Waals surface area contributed by atoms with Gasteiger partial charge in [0.05, 0.1) is 33.4 Å². The Hall–Kier alpha value is -4.10. The SMILES string of the molecule is COc1ccc(OC)c(CCC(=O)Nc2sc3c(c2C#N)CCN(C(=O)CCc2cnccc2OC)C3)c1. The number of rotatable bonds is 10. The summed E-state index contributed by atoms with van der Waals surface area (Å²) in [4.78, 5) is 32.6. The number of anilines is 1. The van der Waals surface area contributed by atoms with Crippen molar-refractivity contribution in [3.8, 4) is 23.3 Å². The van der Waals surface area contributed by atoms with Gasteiger partial charge in [-0.25, -0.2) is 0 Å². The van der Waals surface area contributed by atoms with E-state index in [1.807, 2.05) is 23.1 Å². The van der Waals surface area contributed by atoms with E-state index in [-0.39, 0.29) is 18.2 Å². The van der Waals surface area contributed by atoms with Gasteiger partial charge in [0.2, 0.25) is 11.8 Å². The molecule has 0 aliphatic carbocycles. The second-order valence-electron chi connectivity index (χ2n) is 8.80. The molecule has 0 fully saturated rings. The minimum absolute atomic E-state index is 0.0336. The van der Waals surface area contributed by atoms with Gasteiger partial charge < -0.3 is 24.4 Å². The van der Waals surface area contributed by atoms with Gasteiger partial charge in [0.25, 0.3) is 0 Å². The first kappa shape index (κ1) is 26.9. The van der Waals surface area contributed by atoms with Crippen LogP contribution in [0, 0.1) is 11.3 Å². The summed E-state index contributed by atoms with van der Waals surface area (Å²) in [6, 6.07) is 9.51. The maximum Gasteiger partial charge on any atom is 0.225 e. The Balaban J connectivity index is 1.38. The lowest BCUT2D eigenvalue weighted by molar-refractivity contribution is -0.132. The van der Waals surface area contributed by atoms with Gasteiger partial charge in [-0.15, -0.1) is 11.3 Å². The van der Waals surface area contributed by atoms with Crippen molar-refractivity contribution >= 4 is 28.2 Å². The van der Waals surface area contributed by atoms with Crippen LogP contribution in [0.25, 0.3) is 0 Å². The molecule has 0 saturated carbocycles. The Bertz CT molecular complexity index is 1360. The first-order chi connectivity index (χ1) is 18.5. The zero-order chi connectivity index (χ0) is 27.1. The van der Waals surface area contributed by atoms with Crippen LogP contribution in [-0.2, 0) is 35.4 Å². The number of amides is 2. The van der Waals surface area contributed by atoms with Crippen LogP contribution in [0.4, 0.5) is 5.00 Å². The molecule has 10 heteroatoms. The molecular formula is C28H30N4O5S. The van der Waals surface area contributed by atoms with E-state index < -0.39 is 0 Å². The van der Waals surface area contributed by atoms with Gasteiger partial charge in [-0.2, -0.15) is 5.26 Å². The van der Waals surface area contributed by atoms with Crippen LogP contribution in [0.3, 0.4) is 0 Å². The first-order valence-electron chi connectivity index (χ1n) is 12.3. The number of pyridine rings is 1. The Kier molecular flexibility index (Phi) is 8.81. The highest BCUT2D eigenvalue weighted by molar-refractivity contribution is 7.16. The van der Waals surface area contributed by atoms with Crippen LogP contribution in [0.5, 0.6) is 17.2 Å². The zero-order valence-corrected chi connectivity index (χ0v) is 22.5. The van der Waals surface area contributed by atoms with Gasteiger partial charge in [0.15, 0.2) is 0 Å². The number of thiophene rings is 1. The normalized spacial score (nSPS) is 12.3. The Labute approximate surface area is 226 Å². The largest absolute Gasteiger partial charge is 0.497 e. The van der Waals surface area contributed by atoms with Crippen molar-refractivity contribution in [2.24, 2.45) is 0 Å². The van der Waals surface area contributed by atoms with Crippen LogP contribution in [0.2, 0.25) is 0 Å². The third-order valence-electron chi connectivity index (χ3n) is 6.57. The second-order valence-corrected chi connectivity index (χ2v) is 9.90. The van der Waals surface area contributed by atoms with E-state index in [0.717, 1.165) is 27.3 Å². The Morgan fingerprint density at radius 2 is 1.84 bits per heavy atom. The average molecular weight is 535 g/mol. The van der Waals surface area contributed by atoms with E-state index in [2.05, 4.69) is 16.4 Å². The maximum absolute atomic E-state index is 13.0. The lowest BCUT2D eigenvalue weighted by Crippen LogP contribution is -2.35. The number of nitriles is 1. The van der Waals surface area contributed by atoms with Crippen LogP contribution in [0.15, 0.2) is 36.7 Å². The molecule has 9 nitrogen and oxygen atoms in total. The molecule has 38 heavy (non-hydrogen) atoms. The number of fused-ring (bicyclic) bond motifs is 1. The molecule has 0 spiro atoms. The predicted molar refractivity (Wildman–Crippen MR) is 144 cm³/mol. The van der Waals surface area contributed by atoms with Crippen molar-refractivity contribution in [2.75, 3.05) is 33.2 Å². The fourth-order valence-electron chi connectivity index (χ4n) is 4.54. The summed E-state index contributed by atoms with van der Waals surface area (Å²) in [5.74, 6) is 1.94. The second kappa shape index (κ2) is 12.4. The number of nitrogens with zero attached hydrogens (tertiary/aromatic N) is 3. The molecule has 0 saturated heterocycles. The summed E-state index contributed by atoms with van der Waals surface area (Å²) < 4.78 is 16.0. The minimum Gasteiger partial charge on any atom is -0.497 e. The molecule has 1 N–H and O–H groups in total.